The van der Waals surface area contributed by atoms with Crippen molar-refractivity contribution in [1.82, 2.24) is 19.2 Å². The molecule has 1 amide bonds. The van der Waals surface area contributed by atoms with Crippen LogP contribution in [0, 0.1) is 0 Å². The Morgan fingerprint density at radius 1 is 0.970 bits per heavy atom. The first kappa shape index (κ1) is 20.3. The van der Waals surface area contributed by atoms with Crippen LogP contribution >= 0.6 is 11.3 Å². The summed E-state index contributed by atoms with van der Waals surface area (Å²) >= 11 is 1.53. The lowest BCUT2D eigenvalue weighted by molar-refractivity contribution is 0.0632. The number of rotatable bonds is 4. The van der Waals surface area contributed by atoms with Crippen LogP contribution in [0.4, 0.5) is 0 Å². The van der Waals surface area contributed by atoms with Crippen molar-refractivity contribution in [2.45, 2.75) is 6.54 Å². The number of piperazine rings is 1. The summed E-state index contributed by atoms with van der Waals surface area (Å²) in [4.78, 5) is 24.0. The average molecular weight is 461 g/mol. The molecule has 0 bridgehead atoms. The Labute approximate surface area is 195 Å². The van der Waals surface area contributed by atoms with E-state index >= 15 is 0 Å². The number of nitrogens with zero attached hydrogens (tertiary/aromatic N) is 4. The van der Waals surface area contributed by atoms with E-state index in [0.29, 0.717) is 13.2 Å². The molecule has 0 unspecified atom stereocenters. The van der Waals surface area contributed by atoms with Crippen LogP contribution in [-0.4, -0.2) is 64.5 Å². The molecular weight excluding hydrogens is 436 g/mol. The molecule has 0 saturated carbocycles. The molecule has 2 aliphatic heterocycles. The van der Waals surface area contributed by atoms with E-state index in [1.807, 2.05) is 64.0 Å². The third-order valence-electron chi connectivity index (χ3n) is 6.10. The van der Waals surface area contributed by atoms with Gasteiger partial charge in [-0.25, -0.2) is 4.98 Å². The first-order valence-electron chi connectivity index (χ1n) is 11.2. The van der Waals surface area contributed by atoms with E-state index in [9.17, 15) is 4.79 Å². The highest BCUT2D eigenvalue weighted by Crippen LogP contribution is 2.37. The highest BCUT2D eigenvalue weighted by molar-refractivity contribution is 7.17. The smallest absolute Gasteiger partial charge is 0.264 e. The maximum Gasteiger partial charge on any atom is 0.264 e. The van der Waals surface area contributed by atoms with Gasteiger partial charge in [-0.15, -0.1) is 11.3 Å². The summed E-state index contributed by atoms with van der Waals surface area (Å²) in [5, 5.41) is 0. The fourth-order valence-corrected chi connectivity index (χ4v) is 5.33. The van der Waals surface area contributed by atoms with E-state index in [1.165, 1.54) is 11.3 Å². The fourth-order valence-electron chi connectivity index (χ4n) is 4.36. The van der Waals surface area contributed by atoms with Gasteiger partial charge in [0.1, 0.15) is 18.9 Å². The van der Waals surface area contributed by atoms with E-state index in [0.717, 1.165) is 70.9 Å². The number of ether oxygens (including phenoxy) is 2. The molecule has 0 spiro atoms. The van der Waals surface area contributed by atoms with Gasteiger partial charge in [0, 0.05) is 50.0 Å². The molecule has 33 heavy (non-hydrogen) atoms. The van der Waals surface area contributed by atoms with Crippen LogP contribution in [-0.2, 0) is 6.54 Å². The van der Waals surface area contributed by atoms with Crippen LogP contribution in [0.15, 0.2) is 60.9 Å². The molecule has 7 nitrogen and oxygen atoms in total. The van der Waals surface area contributed by atoms with Gasteiger partial charge in [-0.2, -0.15) is 0 Å². The van der Waals surface area contributed by atoms with Gasteiger partial charge in [0.15, 0.2) is 11.5 Å². The van der Waals surface area contributed by atoms with E-state index in [1.54, 1.807) is 0 Å². The summed E-state index contributed by atoms with van der Waals surface area (Å²) in [5.74, 6) is 1.65. The number of hydrogen-bond donors (Lipinski definition) is 0. The zero-order valence-corrected chi connectivity index (χ0v) is 19.0. The van der Waals surface area contributed by atoms with Crippen molar-refractivity contribution >= 4 is 22.9 Å². The van der Waals surface area contributed by atoms with Gasteiger partial charge in [0.05, 0.1) is 10.6 Å². The molecule has 0 radical (unpaired) electrons. The van der Waals surface area contributed by atoms with Gasteiger partial charge in [0.25, 0.3) is 5.91 Å². The van der Waals surface area contributed by atoms with Gasteiger partial charge in [-0.1, -0.05) is 6.07 Å². The molecule has 0 aliphatic carbocycles. The van der Waals surface area contributed by atoms with E-state index in [2.05, 4.69) is 11.1 Å². The molecule has 0 atom stereocenters. The van der Waals surface area contributed by atoms with Crippen molar-refractivity contribution < 1.29 is 14.3 Å². The molecule has 3 aromatic heterocycles. The van der Waals surface area contributed by atoms with Crippen LogP contribution < -0.4 is 9.47 Å². The Kier molecular flexibility index (Phi) is 5.24. The number of pyridine rings is 1. The number of thiophene rings is 1. The number of fused-ring (bicyclic) bond motifs is 2. The molecule has 1 saturated heterocycles. The van der Waals surface area contributed by atoms with Gasteiger partial charge < -0.3 is 18.8 Å². The lowest BCUT2D eigenvalue weighted by Crippen LogP contribution is -2.48. The molecule has 2 aliphatic rings. The van der Waals surface area contributed by atoms with Crippen molar-refractivity contribution in [2.24, 2.45) is 0 Å². The predicted octanol–water partition coefficient (Wildman–Crippen LogP) is 3.79. The molecule has 1 fully saturated rings. The van der Waals surface area contributed by atoms with Gasteiger partial charge in [-0.05, 0) is 48.0 Å². The molecule has 168 valence electrons. The zero-order valence-electron chi connectivity index (χ0n) is 18.1. The Bertz CT molecular complexity index is 1270. The maximum atomic E-state index is 13.1. The van der Waals surface area contributed by atoms with Crippen LogP contribution in [0.2, 0.25) is 0 Å². The minimum atomic E-state index is 0.108. The van der Waals surface area contributed by atoms with Crippen molar-refractivity contribution in [3.63, 3.8) is 0 Å². The van der Waals surface area contributed by atoms with Crippen molar-refractivity contribution in [1.29, 1.82) is 0 Å². The van der Waals surface area contributed by atoms with E-state index in [4.69, 9.17) is 14.5 Å². The summed E-state index contributed by atoms with van der Waals surface area (Å²) in [5.41, 5.74) is 3.07. The minimum absolute atomic E-state index is 0.108. The third kappa shape index (κ3) is 4.07. The van der Waals surface area contributed by atoms with Crippen molar-refractivity contribution in [3.05, 3.63) is 71.5 Å². The number of aromatic nitrogens is 2. The molecule has 0 N–H and O–H groups in total. The SMILES string of the molecule is O=C(c1ccc(-c2ccc3c(c2)OCCO3)s1)N1CCN(Cc2cn3ccccc3n2)CC1. The summed E-state index contributed by atoms with van der Waals surface area (Å²) in [6.07, 6.45) is 4.10. The largest absolute Gasteiger partial charge is 0.486 e. The molecular formula is C25H24N4O3S. The Morgan fingerprint density at radius 2 is 1.82 bits per heavy atom. The predicted molar refractivity (Wildman–Crippen MR) is 127 cm³/mol. The van der Waals surface area contributed by atoms with E-state index in [-0.39, 0.29) is 5.91 Å². The van der Waals surface area contributed by atoms with Crippen LogP contribution in [0.3, 0.4) is 0 Å². The van der Waals surface area contributed by atoms with Gasteiger partial charge >= 0.3 is 0 Å². The fraction of sp³-hybridized carbons (Fsp3) is 0.280. The quantitative estimate of drug-likeness (QED) is 0.464. The topological polar surface area (TPSA) is 59.3 Å². The second-order valence-electron chi connectivity index (χ2n) is 8.29. The summed E-state index contributed by atoms with van der Waals surface area (Å²) in [6, 6.07) is 15.9. The van der Waals surface area contributed by atoms with Crippen LogP contribution in [0.1, 0.15) is 15.4 Å². The summed E-state index contributed by atoms with van der Waals surface area (Å²) < 4.78 is 13.4. The first-order chi connectivity index (χ1) is 16.2. The Hall–Kier alpha value is -3.36. The minimum Gasteiger partial charge on any atom is -0.486 e. The normalized spacial score (nSPS) is 16.3. The van der Waals surface area contributed by atoms with Crippen LogP contribution in [0.25, 0.3) is 16.1 Å². The monoisotopic (exact) mass is 460 g/mol. The van der Waals surface area contributed by atoms with Crippen molar-refractivity contribution in [2.75, 3.05) is 39.4 Å². The maximum absolute atomic E-state index is 13.1. The van der Waals surface area contributed by atoms with Crippen molar-refractivity contribution in [3.8, 4) is 21.9 Å². The third-order valence-corrected chi connectivity index (χ3v) is 7.22. The molecule has 1 aromatic carbocycles. The van der Waals surface area contributed by atoms with E-state index < -0.39 is 0 Å². The summed E-state index contributed by atoms with van der Waals surface area (Å²) in [7, 11) is 0. The lowest BCUT2D eigenvalue weighted by atomic mass is 10.1. The molecule has 8 heteroatoms. The van der Waals surface area contributed by atoms with Gasteiger partial charge in [-0.3, -0.25) is 9.69 Å². The number of carbonyl (C=O) groups is 1. The molecule has 6 rings (SSSR count). The average Bonchev–Trinajstić information content (AvgIpc) is 3.51. The summed E-state index contributed by atoms with van der Waals surface area (Å²) in [6.45, 7) is 5.09. The zero-order chi connectivity index (χ0) is 22.2. The van der Waals surface area contributed by atoms with Gasteiger partial charge in [0.2, 0.25) is 0 Å². The molecule has 4 aromatic rings. The lowest BCUT2D eigenvalue weighted by Gasteiger charge is -2.34. The highest BCUT2D eigenvalue weighted by Gasteiger charge is 2.24. The number of amides is 1. The highest BCUT2D eigenvalue weighted by atomic mass is 32.1. The Balaban J connectivity index is 1.09. The standard InChI is InChI=1S/C25H24N4O3S/c30-25(23-7-6-22(33-23)18-4-5-20-21(15-18)32-14-13-31-20)28-11-9-27(10-12-28)16-19-17-29-8-2-1-3-24(29)26-19/h1-8,15,17H,9-14,16H2. The second kappa shape index (κ2) is 8.53. The number of imidazole rings is 1. The number of hydrogen-bond acceptors (Lipinski definition) is 6. The second-order valence-corrected chi connectivity index (χ2v) is 9.37. The number of benzene rings is 1. The first-order valence-corrected chi connectivity index (χ1v) is 12.0. The van der Waals surface area contributed by atoms with Crippen LogP contribution in [0.5, 0.6) is 11.5 Å². The Morgan fingerprint density at radius 3 is 2.67 bits per heavy atom. The molecule has 5 heterocycles. The number of carbonyl (C=O) groups excluding carboxylic acids is 1.